The molecular weight excluding hydrogens is 444 g/mol. The number of carbonyl (C=O) groups excluding carboxylic acids is 3. The molecule has 0 bridgehead atoms. The van der Waals surface area contributed by atoms with Crippen LogP contribution in [0.15, 0.2) is 42.5 Å². The van der Waals surface area contributed by atoms with Crippen LogP contribution in [-0.2, 0) is 22.7 Å². The van der Waals surface area contributed by atoms with Crippen molar-refractivity contribution in [3.8, 4) is 11.8 Å². The van der Waals surface area contributed by atoms with E-state index in [0.29, 0.717) is 30.6 Å². The molecule has 1 unspecified atom stereocenters. The molecular formula is C27H28N4O4. The fourth-order valence-corrected chi connectivity index (χ4v) is 5.22. The molecule has 5 rings (SSSR count). The first kappa shape index (κ1) is 23.1. The lowest BCUT2D eigenvalue weighted by Gasteiger charge is -2.33. The third-order valence-corrected chi connectivity index (χ3v) is 7.14. The van der Waals surface area contributed by atoms with Crippen LogP contribution in [0.5, 0.6) is 5.75 Å². The molecule has 0 aromatic heterocycles. The van der Waals surface area contributed by atoms with E-state index in [1.54, 1.807) is 11.0 Å². The van der Waals surface area contributed by atoms with Crippen LogP contribution >= 0.6 is 0 Å². The first-order chi connectivity index (χ1) is 17.0. The van der Waals surface area contributed by atoms with Gasteiger partial charge in [-0.05, 0) is 67.1 Å². The number of fused-ring (bicyclic) bond motifs is 1. The second kappa shape index (κ2) is 9.88. The molecule has 180 valence electrons. The molecule has 35 heavy (non-hydrogen) atoms. The Bertz CT molecular complexity index is 1190. The lowest BCUT2D eigenvalue weighted by Crippen LogP contribution is -2.52. The van der Waals surface area contributed by atoms with Gasteiger partial charge in [-0.2, -0.15) is 5.26 Å². The van der Waals surface area contributed by atoms with Crippen LogP contribution in [0.3, 0.4) is 0 Å². The lowest BCUT2D eigenvalue weighted by atomic mass is 9.92. The van der Waals surface area contributed by atoms with Crippen molar-refractivity contribution in [2.75, 3.05) is 0 Å². The minimum atomic E-state index is -0.619. The monoisotopic (exact) mass is 472 g/mol. The number of hydrogen-bond acceptors (Lipinski definition) is 6. The Morgan fingerprint density at radius 2 is 1.86 bits per heavy atom. The molecule has 1 saturated heterocycles. The van der Waals surface area contributed by atoms with E-state index in [2.05, 4.69) is 16.7 Å². The van der Waals surface area contributed by atoms with Gasteiger partial charge in [0.15, 0.2) is 0 Å². The maximum Gasteiger partial charge on any atom is 0.255 e. The quantitative estimate of drug-likeness (QED) is 0.626. The van der Waals surface area contributed by atoms with Gasteiger partial charge in [-0.25, -0.2) is 0 Å². The molecule has 3 amide bonds. The van der Waals surface area contributed by atoms with Gasteiger partial charge in [0, 0.05) is 31.1 Å². The summed E-state index contributed by atoms with van der Waals surface area (Å²) in [5.41, 5.74) is 3.20. The molecule has 2 aromatic carbocycles. The molecule has 0 spiro atoms. The van der Waals surface area contributed by atoms with Gasteiger partial charge >= 0.3 is 0 Å². The number of carbonyl (C=O) groups is 3. The van der Waals surface area contributed by atoms with Crippen molar-refractivity contribution in [2.45, 2.75) is 69.8 Å². The number of nitrogens with zero attached hydrogens (tertiary/aromatic N) is 2. The number of imide groups is 1. The van der Waals surface area contributed by atoms with Crippen molar-refractivity contribution in [1.29, 1.82) is 5.26 Å². The zero-order chi connectivity index (χ0) is 24.4. The first-order valence-electron chi connectivity index (χ1n) is 12.2. The molecule has 2 aromatic rings. The van der Waals surface area contributed by atoms with Crippen LogP contribution < -0.4 is 15.4 Å². The Kier molecular flexibility index (Phi) is 6.51. The summed E-state index contributed by atoms with van der Waals surface area (Å²) in [6, 6.07) is 14.8. The standard InChI is InChI=1S/C27H28N4O4/c28-14-17-5-7-18(8-6-17)15-29-22-3-1-2-4-24(22)35-20-9-10-21-19(13-20)16-31(27(21)34)23-11-12-25(32)30-26(23)33/h5-10,13,22-24,29H,1-4,11-12,15-16H2,(H,30,32,33)/t22-,23?,24+/m1/s1. The highest BCUT2D eigenvalue weighted by atomic mass is 16.5. The smallest absolute Gasteiger partial charge is 0.255 e. The topological polar surface area (TPSA) is 112 Å². The van der Waals surface area contributed by atoms with Gasteiger partial charge in [-0.15, -0.1) is 0 Å². The average molecular weight is 473 g/mol. The third kappa shape index (κ3) is 4.91. The van der Waals surface area contributed by atoms with Gasteiger partial charge in [0.1, 0.15) is 17.9 Å². The van der Waals surface area contributed by atoms with Crippen molar-refractivity contribution < 1.29 is 19.1 Å². The van der Waals surface area contributed by atoms with Crippen LogP contribution in [0.25, 0.3) is 0 Å². The molecule has 2 N–H and O–H groups in total. The fourth-order valence-electron chi connectivity index (χ4n) is 5.22. The van der Waals surface area contributed by atoms with E-state index in [9.17, 15) is 14.4 Å². The number of benzene rings is 2. The first-order valence-corrected chi connectivity index (χ1v) is 12.2. The largest absolute Gasteiger partial charge is 0.489 e. The Morgan fingerprint density at radius 3 is 2.63 bits per heavy atom. The summed E-state index contributed by atoms with van der Waals surface area (Å²) in [7, 11) is 0. The second-order valence-corrected chi connectivity index (χ2v) is 9.46. The van der Waals surface area contributed by atoms with E-state index in [-0.39, 0.29) is 30.4 Å². The molecule has 8 nitrogen and oxygen atoms in total. The Morgan fingerprint density at radius 1 is 1.06 bits per heavy atom. The number of piperidine rings is 1. The number of ether oxygens (including phenoxy) is 1. The molecule has 1 saturated carbocycles. The van der Waals surface area contributed by atoms with E-state index in [1.165, 1.54) is 0 Å². The summed E-state index contributed by atoms with van der Waals surface area (Å²) in [5, 5.41) is 14.9. The molecule has 0 radical (unpaired) electrons. The Balaban J connectivity index is 1.24. The van der Waals surface area contributed by atoms with Crippen LogP contribution in [-0.4, -0.2) is 40.8 Å². The van der Waals surface area contributed by atoms with Crippen LogP contribution in [0.2, 0.25) is 0 Å². The van der Waals surface area contributed by atoms with E-state index in [4.69, 9.17) is 10.00 Å². The van der Waals surface area contributed by atoms with Crippen molar-refractivity contribution in [3.05, 3.63) is 64.7 Å². The molecule has 2 fully saturated rings. The van der Waals surface area contributed by atoms with Gasteiger partial charge in [0.25, 0.3) is 5.91 Å². The fraction of sp³-hybridized carbons (Fsp3) is 0.407. The van der Waals surface area contributed by atoms with Crippen LogP contribution in [0, 0.1) is 11.3 Å². The third-order valence-electron chi connectivity index (χ3n) is 7.14. The molecule has 3 atom stereocenters. The summed E-state index contributed by atoms with van der Waals surface area (Å²) in [4.78, 5) is 38.2. The molecule has 2 aliphatic heterocycles. The van der Waals surface area contributed by atoms with E-state index < -0.39 is 11.9 Å². The summed E-state index contributed by atoms with van der Waals surface area (Å²) in [6.45, 7) is 1.04. The molecule has 8 heteroatoms. The van der Waals surface area contributed by atoms with Crippen molar-refractivity contribution >= 4 is 17.7 Å². The summed E-state index contributed by atoms with van der Waals surface area (Å²) in [6.07, 6.45) is 4.82. The second-order valence-electron chi connectivity index (χ2n) is 9.46. The predicted octanol–water partition coefficient (Wildman–Crippen LogP) is 2.80. The summed E-state index contributed by atoms with van der Waals surface area (Å²) in [5.74, 6) is -0.155. The highest BCUT2D eigenvalue weighted by Gasteiger charge is 2.39. The summed E-state index contributed by atoms with van der Waals surface area (Å²) >= 11 is 0. The number of hydrogen-bond donors (Lipinski definition) is 2. The zero-order valence-electron chi connectivity index (χ0n) is 19.5. The van der Waals surface area contributed by atoms with Gasteiger partial charge in [0.05, 0.1) is 11.6 Å². The zero-order valence-corrected chi connectivity index (χ0v) is 19.5. The highest BCUT2D eigenvalue weighted by molar-refractivity contribution is 6.05. The van der Waals surface area contributed by atoms with Crippen molar-refractivity contribution in [1.82, 2.24) is 15.5 Å². The Labute approximate surface area is 204 Å². The normalized spacial score (nSPS) is 24.0. The lowest BCUT2D eigenvalue weighted by molar-refractivity contribution is -0.136. The van der Waals surface area contributed by atoms with E-state index in [0.717, 1.165) is 42.6 Å². The number of rotatable bonds is 6. The Hall–Kier alpha value is -3.70. The van der Waals surface area contributed by atoms with Crippen molar-refractivity contribution in [3.63, 3.8) is 0 Å². The highest BCUT2D eigenvalue weighted by Crippen LogP contribution is 2.32. The summed E-state index contributed by atoms with van der Waals surface area (Å²) < 4.78 is 6.41. The molecule has 1 aliphatic carbocycles. The van der Waals surface area contributed by atoms with Crippen molar-refractivity contribution in [2.24, 2.45) is 0 Å². The minimum Gasteiger partial charge on any atom is -0.489 e. The number of nitriles is 1. The maximum absolute atomic E-state index is 12.9. The van der Waals surface area contributed by atoms with Crippen LogP contribution in [0.4, 0.5) is 0 Å². The van der Waals surface area contributed by atoms with Gasteiger partial charge in [0.2, 0.25) is 11.8 Å². The van der Waals surface area contributed by atoms with Gasteiger partial charge in [-0.3, -0.25) is 19.7 Å². The van der Waals surface area contributed by atoms with E-state index in [1.807, 2.05) is 36.4 Å². The number of amides is 3. The molecule has 2 heterocycles. The average Bonchev–Trinajstić information content (AvgIpc) is 3.19. The SMILES string of the molecule is N#Cc1ccc(CN[C@@H]2CCCC[C@@H]2Oc2ccc3c(c2)CN(C2CCC(=O)NC2=O)C3=O)cc1. The number of nitrogens with one attached hydrogen (secondary N) is 2. The predicted molar refractivity (Wildman–Crippen MR) is 127 cm³/mol. The minimum absolute atomic E-state index is 0.0172. The van der Waals surface area contributed by atoms with Gasteiger partial charge < -0.3 is 15.0 Å². The van der Waals surface area contributed by atoms with Gasteiger partial charge in [-0.1, -0.05) is 18.6 Å². The maximum atomic E-state index is 12.9. The molecule has 3 aliphatic rings. The van der Waals surface area contributed by atoms with E-state index >= 15 is 0 Å². The van der Waals surface area contributed by atoms with Crippen LogP contribution in [0.1, 0.15) is 65.6 Å².